The second kappa shape index (κ2) is 4.60. The molecule has 3 rings (SSSR count). The number of nitrogens with zero attached hydrogens (tertiary/aromatic N) is 4. The average Bonchev–Trinajstić information content (AvgIpc) is 2.36. The fourth-order valence-corrected chi connectivity index (χ4v) is 1.96. The third-order valence-corrected chi connectivity index (χ3v) is 3.00. The summed E-state index contributed by atoms with van der Waals surface area (Å²) in [5, 5.41) is 3.30. The van der Waals surface area contributed by atoms with E-state index >= 15 is 0 Å². The monoisotopic (exact) mass is 241 g/mol. The molecule has 2 aromatic heterocycles. The molecule has 1 saturated heterocycles. The summed E-state index contributed by atoms with van der Waals surface area (Å²) in [6, 6.07) is 6.36. The number of rotatable bonds is 3. The highest BCUT2D eigenvalue weighted by Crippen LogP contribution is 2.19. The maximum Gasteiger partial charge on any atom is 0.222 e. The van der Waals surface area contributed by atoms with Crippen molar-refractivity contribution in [3.05, 3.63) is 42.4 Å². The van der Waals surface area contributed by atoms with Crippen LogP contribution in [0.3, 0.4) is 0 Å². The summed E-state index contributed by atoms with van der Waals surface area (Å²) < 4.78 is 0. The summed E-state index contributed by atoms with van der Waals surface area (Å²) in [4.78, 5) is 15.0. The Hall–Kier alpha value is -2.17. The zero-order valence-corrected chi connectivity index (χ0v) is 10.2. The molecular formula is C13H15N5. The van der Waals surface area contributed by atoms with E-state index in [4.69, 9.17) is 0 Å². The third-order valence-electron chi connectivity index (χ3n) is 3.00. The van der Waals surface area contributed by atoms with Gasteiger partial charge in [0.1, 0.15) is 5.82 Å². The van der Waals surface area contributed by atoms with Gasteiger partial charge in [-0.1, -0.05) is 6.07 Å². The molecular weight excluding hydrogens is 226 g/mol. The smallest absolute Gasteiger partial charge is 0.222 e. The van der Waals surface area contributed by atoms with Crippen LogP contribution in [-0.2, 0) is 0 Å². The van der Waals surface area contributed by atoms with Crippen LogP contribution >= 0.6 is 0 Å². The van der Waals surface area contributed by atoms with Crippen LogP contribution < -0.4 is 10.2 Å². The lowest BCUT2D eigenvalue weighted by molar-refractivity contribution is 0.541. The van der Waals surface area contributed by atoms with E-state index in [1.165, 1.54) is 5.56 Å². The highest BCUT2D eigenvalue weighted by Gasteiger charge is 2.27. The Balaban J connectivity index is 1.56. The van der Waals surface area contributed by atoms with Crippen molar-refractivity contribution in [3.8, 4) is 0 Å². The topological polar surface area (TPSA) is 53.9 Å². The van der Waals surface area contributed by atoms with Crippen LogP contribution in [0.25, 0.3) is 0 Å². The van der Waals surface area contributed by atoms with Gasteiger partial charge in [0, 0.05) is 31.7 Å². The van der Waals surface area contributed by atoms with Crippen LogP contribution in [0.5, 0.6) is 0 Å². The van der Waals surface area contributed by atoms with Crippen molar-refractivity contribution >= 4 is 11.8 Å². The Morgan fingerprint density at radius 2 is 1.94 bits per heavy atom. The second-order valence-electron chi connectivity index (χ2n) is 4.51. The maximum absolute atomic E-state index is 4.41. The first-order chi connectivity index (χ1) is 8.81. The Kier molecular flexibility index (Phi) is 2.80. The fourth-order valence-electron chi connectivity index (χ4n) is 1.96. The molecule has 2 aromatic rings. The van der Waals surface area contributed by atoms with Crippen molar-refractivity contribution in [2.75, 3.05) is 23.3 Å². The normalized spacial score (nSPS) is 15.3. The molecule has 3 heterocycles. The Bertz CT molecular complexity index is 505. The molecule has 18 heavy (non-hydrogen) atoms. The quantitative estimate of drug-likeness (QED) is 0.882. The molecule has 0 aliphatic carbocycles. The van der Waals surface area contributed by atoms with Gasteiger partial charge in [-0.2, -0.15) is 0 Å². The van der Waals surface area contributed by atoms with Crippen LogP contribution in [0.15, 0.2) is 36.8 Å². The lowest BCUT2D eigenvalue weighted by Crippen LogP contribution is -2.55. The molecule has 0 radical (unpaired) electrons. The fraction of sp³-hybridized carbons (Fsp3) is 0.308. The number of aromatic nitrogens is 3. The van der Waals surface area contributed by atoms with Crippen LogP contribution in [-0.4, -0.2) is 34.1 Å². The summed E-state index contributed by atoms with van der Waals surface area (Å²) in [5.41, 5.74) is 1.19. The van der Waals surface area contributed by atoms with Crippen molar-refractivity contribution in [3.63, 3.8) is 0 Å². The van der Waals surface area contributed by atoms with Gasteiger partial charge in [0.05, 0.1) is 6.04 Å². The van der Waals surface area contributed by atoms with E-state index in [-0.39, 0.29) is 0 Å². The number of hydrogen-bond acceptors (Lipinski definition) is 5. The van der Waals surface area contributed by atoms with Crippen molar-refractivity contribution in [2.24, 2.45) is 0 Å². The zero-order valence-electron chi connectivity index (χ0n) is 10.2. The molecule has 0 spiro atoms. The largest absolute Gasteiger partial charge is 0.352 e. The summed E-state index contributed by atoms with van der Waals surface area (Å²) in [6.07, 6.45) is 5.39. The standard InChI is InChI=1S/C13H15N5/c1-10-3-4-12(16-7-10)18-8-11(9-18)17-13-14-5-2-6-15-13/h2-7,11H,8-9H2,1H3,(H,14,15,17). The summed E-state index contributed by atoms with van der Waals surface area (Å²) in [6.45, 7) is 3.92. The summed E-state index contributed by atoms with van der Waals surface area (Å²) in [5.74, 6) is 1.73. The predicted molar refractivity (Wildman–Crippen MR) is 70.6 cm³/mol. The molecule has 1 fully saturated rings. The van der Waals surface area contributed by atoms with Gasteiger partial charge in [0.2, 0.25) is 5.95 Å². The molecule has 0 amide bonds. The first kappa shape index (κ1) is 11.0. The van der Waals surface area contributed by atoms with E-state index in [1.54, 1.807) is 12.4 Å². The summed E-state index contributed by atoms with van der Waals surface area (Å²) in [7, 11) is 0. The van der Waals surface area contributed by atoms with Gasteiger partial charge in [-0.3, -0.25) is 0 Å². The molecule has 0 atom stereocenters. The van der Waals surface area contributed by atoms with Gasteiger partial charge in [0.25, 0.3) is 0 Å². The number of nitrogens with one attached hydrogen (secondary N) is 1. The van der Waals surface area contributed by atoms with Gasteiger partial charge in [-0.25, -0.2) is 15.0 Å². The van der Waals surface area contributed by atoms with Crippen molar-refractivity contribution in [1.29, 1.82) is 0 Å². The van der Waals surface area contributed by atoms with Gasteiger partial charge < -0.3 is 10.2 Å². The lowest BCUT2D eigenvalue weighted by Gasteiger charge is -2.40. The van der Waals surface area contributed by atoms with Crippen molar-refractivity contribution in [1.82, 2.24) is 15.0 Å². The van der Waals surface area contributed by atoms with Gasteiger partial charge in [0.15, 0.2) is 0 Å². The number of hydrogen-bond donors (Lipinski definition) is 1. The minimum atomic E-state index is 0.399. The Morgan fingerprint density at radius 1 is 1.17 bits per heavy atom. The van der Waals surface area contributed by atoms with Crippen molar-refractivity contribution in [2.45, 2.75) is 13.0 Å². The third kappa shape index (κ3) is 2.25. The van der Waals surface area contributed by atoms with Gasteiger partial charge >= 0.3 is 0 Å². The molecule has 1 N–H and O–H groups in total. The summed E-state index contributed by atoms with van der Waals surface area (Å²) >= 11 is 0. The minimum Gasteiger partial charge on any atom is -0.352 e. The van der Waals surface area contributed by atoms with E-state index in [9.17, 15) is 0 Å². The average molecular weight is 241 g/mol. The molecule has 1 aliphatic heterocycles. The first-order valence-corrected chi connectivity index (χ1v) is 6.02. The molecule has 5 nitrogen and oxygen atoms in total. The van der Waals surface area contributed by atoms with E-state index in [2.05, 4.69) is 37.3 Å². The SMILES string of the molecule is Cc1ccc(N2CC(Nc3ncccn3)C2)nc1. The van der Waals surface area contributed by atoms with E-state index in [0.29, 0.717) is 12.0 Å². The number of aryl methyl sites for hydroxylation is 1. The predicted octanol–water partition coefficient (Wildman–Crippen LogP) is 1.48. The highest BCUT2D eigenvalue weighted by molar-refractivity contribution is 5.45. The molecule has 0 saturated carbocycles. The van der Waals surface area contributed by atoms with Crippen LogP contribution in [0.1, 0.15) is 5.56 Å². The lowest BCUT2D eigenvalue weighted by atomic mass is 10.1. The molecule has 0 unspecified atom stereocenters. The number of anilines is 2. The Morgan fingerprint density at radius 3 is 2.61 bits per heavy atom. The van der Waals surface area contributed by atoms with E-state index in [1.807, 2.05) is 19.2 Å². The molecule has 1 aliphatic rings. The highest BCUT2D eigenvalue weighted by atomic mass is 15.3. The first-order valence-electron chi connectivity index (χ1n) is 6.02. The maximum atomic E-state index is 4.41. The molecule has 92 valence electrons. The Labute approximate surface area is 106 Å². The molecule has 0 bridgehead atoms. The van der Waals surface area contributed by atoms with Crippen molar-refractivity contribution < 1.29 is 0 Å². The molecule has 5 heteroatoms. The zero-order chi connectivity index (χ0) is 12.4. The second-order valence-corrected chi connectivity index (χ2v) is 4.51. The van der Waals surface area contributed by atoms with E-state index < -0.39 is 0 Å². The van der Waals surface area contributed by atoms with Crippen LogP contribution in [0.4, 0.5) is 11.8 Å². The molecule has 0 aromatic carbocycles. The van der Waals surface area contributed by atoms with Crippen LogP contribution in [0.2, 0.25) is 0 Å². The van der Waals surface area contributed by atoms with Gasteiger partial charge in [-0.05, 0) is 24.6 Å². The van der Waals surface area contributed by atoms with Crippen LogP contribution in [0, 0.1) is 6.92 Å². The number of pyridine rings is 1. The van der Waals surface area contributed by atoms with Gasteiger partial charge in [-0.15, -0.1) is 0 Å². The minimum absolute atomic E-state index is 0.399. The van der Waals surface area contributed by atoms with E-state index in [0.717, 1.165) is 18.9 Å².